The summed E-state index contributed by atoms with van der Waals surface area (Å²) >= 11 is 0. The second-order valence-corrected chi connectivity index (χ2v) is 2.94. The lowest BCUT2D eigenvalue weighted by Gasteiger charge is -2.25. The van der Waals surface area contributed by atoms with Gasteiger partial charge in [-0.05, 0) is 26.5 Å². The molecule has 0 unspecified atom stereocenters. The predicted octanol–water partition coefficient (Wildman–Crippen LogP) is 3.31. The first-order chi connectivity index (χ1) is 6.08. The van der Waals surface area contributed by atoms with Crippen molar-refractivity contribution in [2.75, 3.05) is 7.05 Å². The van der Waals surface area contributed by atoms with Gasteiger partial charge in [-0.25, -0.2) is 0 Å². The third-order valence-electron chi connectivity index (χ3n) is 1.86. The molecule has 0 saturated carbocycles. The maximum absolute atomic E-state index is 3.74. The Morgan fingerprint density at radius 3 is 1.92 bits per heavy atom. The van der Waals surface area contributed by atoms with Crippen LogP contribution in [-0.4, -0.2) is 12.6 Å². The van der Waals surface area contributed by atoms with Crippen molar-refractivity contribution < 1.29 is 0 Å². The minimum absolute atomic E-state index is 0.0179. The standard InChI is InChI=1S/C10H17N.C2H6/c1-6-8-9(7-2)10(3,4)11-5;1-2/h6-8,11H,1-2H2,3-5H3;1-2H3/b9-8+;. The van der Waals surface area contributed by atoms with Gasteiger partial charge in [0.1, 0.15) is 0 Å². The Balaban J connectivity index is 0. The monoisotopic (exact) mass is 181 g/mol. The zero-order valence-electron chi connectivity index (χ0n) is 9.65. The highest BCUT2D eigenvalue weighted by Crippen LogP contribution is 2.15. The highest BCUT2D eigenvalue weighted by atomic mass is 14.9. The molecule has 0 aliphatic carbocycles. The molecule has 0 aliphatic heterocycles. The molecule has 0 aromatic rings. The maximum atomic E-state index is 3.74. The first-order valence-corrected chi connectivity index (χ1v) is 4.73. The van der Waals surface area contributed by atoms with Crippen LogP contribution in [0.4, 0.5) is 0 Å². The average molecular weight is 181 g/mol. The van der Waals surface area contributed by atoms with E-state index in [0.717, 1.165) is 5.57 Å². The van der Waals surface area contributed by atoms with E-state index in [-0.39, 0.29) is 5.54 Å². The Morgan fingerprint density at radius 2 is 1.69 bits per heavy atom. The zero-order chi connectivity index (χ0) is 10.9. The van der Waals surface area contributed by atoms with E-state index in [4.69, 9.17) is 0 Å². The molecule has 0 bridgehead atoms. The summed E-state index contributed by atoms with van der Waals surface area (Å²) in [5, 5.41) is 3.19. The fourth-order valence-electron chi connectivity index (χ4n) is 0.803. The van der Waals surface area contributed by atoms with Gasteiger partial charge in [0.25, 0.3) is 0 Å². The van der Waals surface area contributed by atoms with Gasteiger partial charge < -0.3 is 5.32 Å². The van der Waals surface area contributed by atoms with E-state index >= 15 is 0 Å². The van der Waals surface area contributed by atoms with Crippen LogP contribution in [0, 0.1) is 0 Å². The van der Waals surface area contributed by atoms with Crippen molar-refractivity contribution in [3.05, 3.63) is 37.0 Å². The molecule has 0 radical (unpaired) electrons. The lowest BCUT2D eigenvalue weighted by atomic mass is 9.94. The van der Waals surface area contributed by atoms with E-state index in [1.165, 1.54) is 0 Å². The predicted molar refractivity (Wildman–Crippen MR) is 63.0 cm³/mol. The number of allylic oxidation sites excluding steroid dienone is 2. The number of rotatable bonds is 4. The van der Waals surface area contributed by atoms with Crippen LogP contribution in [0.3, 0.4) is 0 Å². The molecular formula is C12H23N. The van der Waals surface area contributed by atoms with Gasteiger partial charge in [-0.15, -0.1) is 0 Å². The van der Waals surface area contributed by atoms with Gasteiger partial charge in [0, 0.05) is 5.54 Å². The first kappa shape index (κ1) is 14.7. The van der Waals surface area contributed by atoms with Gasteiger partial charge in [0.2, 0.25) is 0 Å². The summed E-state index contributed by atoms with van der Waals surface area (Å²) in [7, 11) is 1.93. The number of hydrogen-bond acceptors (Lipinski definition) is 1. The van der Waals surface area contributed by atoms with Gasteiger partial charge in [0.05, 0.1) is 0 Å². The SMILES string of the molecule is C=C/C=C(\C=C)C(C)(C)NC.CC. The molecule has 0 aromatic carbocycles. The van der Waals surface area contributed by atoms with Crippen LogP contribution < -0.4 is 5.32 Å². The molecule has 0 rings (SSSR count). The third kappa shape index (κ3) is 5.42. The van der Waals surface area contributed by atoms with Gasteiger partial charge in [0.15, 0.2) is 0 Å². The molecule has 1 nitrogen and oxygen atoms in total. The van der Waals surface area contributed by atoms with Crippen molar-refractivity contribution in [2.24, 2.45) is 0 Å². The fraction of sp³-hybridized carbons (Fsp3) is 0.500. The van der Waals surface area contributed by atoms with E-state index in [1.54, 1.807) is 6.08 Å². The molecule has 76 valence electrons. The molecule has 0 fully saturated rings. The fourth-order valence-corrected chi connectivity index (χ4v) is 0.803. The molecule has 0 amide bonds. The van der Waals surface area contributed by atoms with Crippen molar-refractivity contribution in [1.29, 1.82) is 0 Å². The van der Waals surface area contributed by atoms with Crippen molar-refractivity contribution in [2.45, 2.75) is 33.2 Å². The number of likely N-dealkylation sites (N-methyl/N-ethyl adjacent to an activating group) is 1. The van der Waals surface area contributed by atoms with Crippen molar-refractivity contribution >= 4 is 0 Å². The lowest BCUT2D eigenvalue weighted by molar-refractivity contribution is 0.507. The van der Waals surface area contributed by atoms with E-state index in [0.29, 0.717) is 0 Å². The first-order valence-electron chi connectivity index (χ1n) is 4.73. The molecule has 0 spiro atoms. The van der Waals surface area contributed by atoms with Gasteiger partial charge >= 0.3 is 0 Å². The van der Waals surface area contributed by atoms with Crippen LogP contribution in [0.2, 0.25) is 0 Å². The molecule has 0 aliphatic rings. The van der Waals surface area contributed by atoms with E-state index in [9.17, 15) is 0 Å². The second kappa shape index (κ2) is 7.81. The van der Waals surface area contributed by atoms with Crippen LogP contribution in [0.25, 0.3) is 0 Å². The topological polar surface area (TPSA) is 12.0 Å². The molecule has 1 N–H and O–H groups in total. The lowest BCUT2D eigenvalue weighted by Crippen LogP contribution is -2.37. The van der Waals surface area contributed by atoms with Crippen molar-refractivity contribution in [1.82, 2.24) is 5.32 Å². The van der Waals surface area contributed by atoms with Crippen LogP contribution in [0.15, 0.2) is 37.0 Å². The second-order valence-electron chi connectivity index (χ2n) is 2.94. The van der Waals surface area contributed by atoms with E-state index in [2.05, 4.69) is 32.3 Å². The summed E-state index contributed by atoms with van der Waals surface area (Å²) in [4.78, 5) is 0. The summed E-state index contributed by atoms with van der Waals surface area (Å²) in [6, 6.07) is 0. The molecule has 0 heterocycles. The van der Waals surface area contributed by atoms with Crippen LogP contribution in [0.5, 0.6) is 0 Å². The summed E-state index contributed by atoms with van der Waals surface area (Å²) in [6.07, 6.45) is 5.58. The Kier molecular flexibility index (Phi) is 8.83. The van der Waals surface area contributed by atoms with E-state index < -0.39 is 0 Å². The van der Waals surface area contributed by atoms with Gasteiger partial charge in [-0.2, -0.15) is 0 Å². The zero-order valence-corrected chi connectivity index (χ0v) is 9.65. The highest BCUT2D eigenvalue weighted by Gasteiger charge is 2.16. The maximum Gasteiger partial charge on any atom is 0.0374 e. The summed E-state index contributed by atoms with van der Waals surface area (Å²) in [5.74, 6) is 0. The summed E-state index contributed by atoms with van der Waals surface area (Å²) in [5.41, 5.74) is 1.13. The minimum atomic E-state index is -0.0179. The normalized spacial score (nSPS) is 11.3. The van der Waals surface area contributed by atoms with Crippen molar-refractivity contribution in [3.8, 4) is 0 Å². The number of hydrogen-bond donors (Lipinski definition) is 1. The highest BCUT2D eigenvalue weighted by molar-refractivity contribution is 5.30. The number of nitrogens with one attached hydrogen (secondary N) is 1. The van der Waals surface area contributed by atoms with Crippen LogP contribution in [-0.2, 0) is 0 Å². The quantitative estimate of drug-likeness (QED) is 0.656. The molecule has 0 aromatic heterocycles. The van der Waals surface area contributed by atoms with Gasteiger partial charge in [-0.1, -0.05) is 45.2 Å². The molecule has 0 saturated heterocycles. The van der Waals surface area contributed by atoms with E-state index in [1.807, 2.05) is 33.0 Å². The molecule has 0 atom stereocenters. The third-order valence-corrected chi connectivity index (χ3v) is 1.86. The smallest absolute Gasteiger partial charge is 0.0374 e. The molecule has 1 heteroatoms. The van der Waals surface area contributed by atoms with Crippen molar-refractivity contribution in [3.63, 3.8) is 0 Å². The molecular weight excluding hydrogens is 158 g/mol. The average Bonchev–Trinajstić information content (AvgIpc) is 2.17. The minimum Gasteiger partial charge on any atom is -0.311 e. The molecule has 13 heavy (non-hydrogen) atoms. The van der Waals surface area contributed by atoms with Crippen LogP contribution in [0.1, 0.15) is 27.7 Å². The Hall–Kier alpha value is -0.820. The largest absolute Gasteiger partial charge is 0.311 e. The van der Waals surface area contributed by atoms with Crippen LogP contribution >= 0.6 is 0 Å². The van der Waals surface area contributed by atoms with Gasteiger partial charge in [-0.3, -0.25) is 0 Å². The Labute approximate surface area is 83.2 Å². The summed E-state index contributed by atoms with van der Waals surface area (Å²) < 4.78 is 0. The Morgan fingerprint density at radius 1 is 1.23 bits per heavy atom. The summed E-state index contributed by atoms with van der Waals surface area (Å²) in [6.45, 7) is 15.6. The Bertz CT molecular complexity index is 176.